The van der Waals surface area contributed by atoms with E-state index >= 15 is 0 Å². The summed E-state index contributed by atoms with van der Waals surface area (Å²) in [7, 11) is -3.41. The molecule has 0 aromatic carbocycles. The Morgan fingerprint density at radius 3 is 2.67 bits per heavy atom. The van der Waals surface area contributed by atoms with Crippen LogP contribution in [0.25, 0.3) is 0 Å². The second-order valence-electron chi connectivity index (χ2n) is 5.34. The van der Waals surface area contributed by atoms with E-state index in [2.05, 4.69) is 0 Å². The molecular weight excluding hydrogens is 270 g/mol. The molecule has 0 spiro atoms. The number of hydrogen-bond donors (Lipinski definition) is 0. The van der Waals surface area contributed by atoms with Crippen molar-refractivity contribution in [3.63, 3.8) is 0 Å². The predicted octanol–water partition coefficient (Wildman–Crippen LogP) is 2.24. The minimum atomic E-state index is -3.41. The summed E-state index contributed by atoms with van der Waals surface area (Å²) in [6.45, 7) is 8.45. The van der Waals surface area contributed by atoms with Gasteiger partial charge in [-0.05, 0) is 39.8 Å². The van der Waals surface area contributed by atoms with Crippen molar-refractivity contribution in [1.29, 1.82) is 0 Å². The van der Waals surface area contributed by atoms with Crippen molar-refractivity contribution in [3.8, 4) is 0 Å². The van der Waals surface area contributed by atoms with Gasteiger partial charge in [0.05, 0.1) is 18.2 Å². The molecule has 0 amide bonds. The maximum Gasteiger partial charge on any atom is 0.253 e. The molecule has 0 aliphatic carbocycles. The van der Waals surface area contributed by atoms with E-state index in [-0.39, 0.29) is 6.10 Å². The Labute approximate surface area is 113 Å². The second-order valence-corrected chi connectivity index (χ2v) is 8.71. The number of morpholine rings is 1. The van der Waals surface area contributed by atoms with E-state index in [0.29, 0.717) is 17.4 Å². The average molecular weight is 289 g/mol. The van der Waals surface area contributed by atoms with E-state index in [1.807, 2.05) is 33.8 Å². The van der Waals surface area contributed by atoms with E-state index in [0.717, 1.165) is 4.88 Å². The zero-order chi connectivity index (χ0) is 13.6. The highest BCUT2D eigenvalue weighted by Crippen LogP contribution is 2.32. The van der Waals surface area contributed by atoms with Crippen LogP contribution in [0.15, 0.2) is 16.3 Å². The van der Waals surface area contributed by atoms with Gasteiger partial charge in [0.2, 0.25) is 0 Å². The van der Waals surface area contributed by atoms with Gasteiger partial charge in [0.1, 0.15) is 4.21 Å². The lowest BCUT2D eigenvalue weighted by Crippen LogP contribution is -2.57. The highest BCUT2D eigenvalue weighted by atomic mass is 32.2. The summed E-state index contributed by atoms with van der Waals surface area (Å²) in [6.07, 6.45) is -0.0612. The lowest BCUT2D eigenvalue weighted by molar-refractivity contribution is -0.0550. The van der Waals surface area contributed by atoms with Gasteiger partial charge in [0.15, 0.2) is 0 Å². The molecule has 4 nitrogen and oxygen atoms in total. The van der Waals surface area contributed by atoms with Gasteiger partial charge in [-0.1, -0.05) is 0 Å². The number of aryl methyl sites for hydroxylation is 1. The summed E-state index contributed by atoms with van der Waals surface area (Å²) in [4.78, 5) is 1.01. The zero-order valence-electron chi connectivity index (χ0n) is 11.1. The molecule has 102 valence electrons. The van der Waals surface area contributed by atoms with Crippen LogP contribution in [0, 0.1) is 6.92 Å². The molecule has 1 aliphatic rings. The first kappa shape index (κ1) is 14.0. The normalized spacial score (nSPS) is 25.2. The van der Waals surface area contributed by atoms with Crippen molar-refractivity contribution < 1.29 is 13.2 Å². The molecule has 6 heteroatoms. The molecule has 18 heavy (non-hydrogen) atoms. The van der Waals surface area contributed by atoms with Crippen LogP contribution < -0.4 is 0 Å². The smallest absolute Gasteiger partial charge is 0.253 e. The van der Waals surface area contributed by atoms with E-state index in [9.17, 15) is 8.42 Å². The fraction of sp³-hybridized carbons (Fsp3) is 0.667. The molecule has 1 aromatic heterocycles. The topological polar surface area (TPSA) is 46.6 Å². The van der Waals surface area contributed by atoms with Crippen LogP contribution in [0.4, 0.5) is 0 Å². The van der Waals surface area contributed by atoms with Gasteiger partial charge >= 0.3 is 0 Å². The third kappa shape index (κ3) is 2.47. The highest BCUT2D eigenvalue weighted by molar-refractivity contribution is 7.91. The summed E-state index contributed by atoms with van der Waals surface area (Å²) >= 11 is 1.32. The molecule has 0 N–H and O–H groups in total. The van der Waals surface area contributed by atoms with Crippen LogP contribution in [0.2, 0.25) is 0 Å². The van der Waals surface area contributed by atoms with Crippen LogP contribution in [-0.2, 0) is 14.8 Å². The molecule has 1 atom stereocenters. The van der Waals surface area contributed by atoms with Crippen molar-refractivity contribution in [2.45, 2.75) is 43.5 Å². The van der Waals surface area contributed by atoms with Crippen molar-refractivity contribution in [1.82, 2.24) is 4.31 Å². The minimum absolute atomic E-state index is 0.0612. The monoisotopic (exact) mass is 289 g/mol. The molecule has 0 saturated carbocycles. The van der Waals surface area contributed by atoms with Crippen molar-refractivity contribution in [2.75, 3.05) is 13.2 Å². The van der Waals surface area contributed by atoms with Gasteiger partial charge in [-0.25, -0.2) is 8.42 Å². The summed E-state index contributed by atoms with van der Waals surface area (Å²) < 4.78 is 32.8. The Kier molecular flexibility index (Phi) is 3.57. The number of nitrogens with zero attached hydrogens (tertiary/aromatic N) is 1. The molecule has 0 radical (unpaired) electrons. The van der Waals surface area contributed by atoms with Crippen molar-refractivity contribution in [3.05, 3.63) is 17.0 Å². The number of ether oxygens (including phenoxy) is 1. The van der Waals surface area contributed by atoms with Gasteiger partial charge in [-0.3, -0.25) is 0 Å². The highest BCUT2D eigenvalue weighted by Gasteiger charge is 2.42. The maximum atomic E-state index is 12.6. The fourth-order valence-electron chi connectivity index (χ4n) is 2.03. The number of rotatable bonds is 2. The third-order valence-corrected chi connectivity index (χ3v) is 6.62. The molecule has 0 bridgehead atoms. The van der Waals surface area contributed by atoms with Crippen LogP contribution in [0.5, 0.6) is 0 Å². The first-order chi connectivity index (χ1) is 8.23. The summed E-state index contributed by atoms with van der Waals surface area (Å²) in [5.41, 5.74) is -0.497. The van der Waals surface area contributed by atoms with Crippen molar-refractivity contribution in [2.24, 2.45) is 0 Å². The van der Waals surface area contributed by atoms with Crippen molar-refractivity contribution >= 4 is 21.4 Å². The van der Waals surface area contributed by atoms with Gasteiger partial charge in [-0.2, -0.15) is 4.31 Å². The third-order valence-electron chi connectivity index (χ3n) is 3.08. The number of hydrogen-bond acceptors (Lipinski definition) is 4. The van der Waals surface area contributed by atoms with E-state index in [1.54, 1.807) is 10.4 Å². The first-order valence-electron chi connectivity index (χ1n) is 5.94. The molecule has 0 unspecified atom stereocenters. The van der Waals surface area contributed by atoms with Gasteiger partial charge in [-0.15, -0.1) is 11.3 Å². The molecule has 1 saturated heterocycles. The lowest BCUT2D eigenvalue weighted by Gasteiger charge is -2.43. The SMILES string of the molecule is Cc1ccc(S(=O)(=O)N2C[C@@H](C)OCC2(C)C)s1. The Morgan fingerprint density at radius 2 is 2.11 bits per heavy atom. The number of thiophene rings is 1. The first-order valence-corrected chi connectivity index (χ1v) is 8.20. The molecular formula is C12H19NO3S2. The lowest BCUT2D eigenvalue weighted by atomic mass is 10.1. The van der Waals surface area contributed by atoms with E-state index in [1.165, 1.54) is 11.3 Å². The molecule has 2 heterocycles. The minimum Gasteiger partial charge on any atom is -0.375 e. The van der Waals surface area contributed by atoms with Gasteiger partial charge in [0.25, 0.3) is 10.0 Å². The van der Waals surface area contributed by atoms with Crippen LogP contribution in [0.3, 0.4) is 0 Å². The molecule has 1 fully saturated rings. The van der Waals surface area contributed by atoms with Crippen LogP contribution >= 0.6 is 11.3 Å². The van der Waals surface area contributed by atoms with Crippen LogP contribution in [0.1, 0.15) is 25.6 Å². The quantitative estimate of drug-likeness (QED) is 0.839. The summed E-state index contributed by atoms with van der Waals surface area (Å²) in [5.74, 6) is 0. The van der Waals surface area contributed by atoms with Gasteiger partial charge < -0.3 is 4.74 Å². The Bertz CT molecular complexity index is 533. The second kappa shape index (κ2) is 4.59. The predicted molar refractivity (Wildman–Crippen MR) is 72.4 cm³/mol. The Balaban J connectivity index is 2.39. The summed E-state index contributed by atoms with van der Waals surface area (Å²) in [5, 5.41) is 0. The maximum absolute atomic E-state index is 12.6. The van der Waals surface area contributed by atoms with E-state index in [4.69, 9.17) is 4.74 Å². The molecule has 1 aliphatic heterocycles. The Hall–Kier alpha value is -0.430. The molecule has 1 aromatic rings. The van der Waals surface area contributed by atoms with Crippen LogP contribution in [-0.4, -0.2) is 37.5 Å². The fourth-order valence-corrected chi connectivity index (χ4v) is 5.28. The number of sulfonamides is 1. The van der Waals surface area contributed by atoms with Gasteiger partial charge in [0, 0.05) is 11.4 Å². The summed E-state index contributed by atoms with van der Waals surface area (Å²) in [6, 6.07) is 3.53. The average Bonchev–Trinajstić information content (AvgIpc) is 2.69. The standard InChI is InChI=1S/C12H19NO3S2/c1-9-7-13(12(3,4)8-16-9)18(14,15)11-6-5-10(2)17-11/h5-6,9H,7-8H2,1-4H3/t9-/m1/s1. The Morgan fingerprint density at radius 1 is 1.44 bits per heavy atom. The zero-order valence-corrected chi connectivity index (χ0v) is 12.8. The van der Waals surface area contributed by atoms with E-state index < -0.39 is 15.6 Å². The largest absolute Gasteiger partial charge is 0.375 e. The molecule has 2 rings (SSSR count).